The zero-order valence-corrected chi connectivity index (χ0v) is 33.0. The molecule has 3 N–H and O–H groups in total. The Balaban J connectivity index is 4.22. The monoisotopic (exact) mass is 733 g/mol. The number of hydrogen-bond acceptors (Lipinski definition) is 8. The number of hydrogen-bond donors (Lipinski definition) is 3. The highest BCUT2D eigenvalue weighted by Crippen LogP contribution is 2.43. The van der Waals surface area contributed by atoms with Gasteiger partial charge in [-0.15, -0.1) is 0 Å². The zero-order valence-electron chi connectivity index (χ0n) is 32.1. The molecule has 0 radical (unpaired) electrons. The van der Waals surface area contributed by atoms with Crippen LogP contribution < -0.4 is 0 Å². The molecule has 0 saturated carbocycles. The van der Waals surface area contributed by atoms with E-state index in [1.807, 2.05) is 0 Å². The van der Waals surface area contributed by atoms with Gasteiger partial charge in [-0.3, -0.25) is 13.8 Å². The maximum Gasteiger partial charge on any atom is 0.472 e. The standard InChI is InChI=1S/C40H77O9P/c1-3-5-7-9-11-13-15-17-18-19-20-22-24-26-28-30-32-40(43)49-39(37-48-50(44,45)47-35-38(42)34-41)36-46-33-31-29-27-25-23-21-16-14-12-10-8-6-4-2/h12,14,18-19,38-39,41-42H,3-11,13,15-17,20-37H2,1-2H3,(H,44,45)/b14-12-,19-18-. The molecule has 50 heavy (non-hydrogen) atoms. The van der Waals surface area contributed by atoms with Crippen LogP contribution in [0.5, 0.6) is 0 Å². The molecule has 0 amide bonds. The molecule has 0 bridgehead atoms. The molecular formula is C40H77O9P. The first-order valence-electron chi connectivity index (χ1n) is 20.3. The van der Waals surface area contributed by atoms with Crippen LogP contribution in [0.25, 0.3) is 0 Å². The Kier molecular flexibility index (Phi) is 36.9. The lowest BCUT2D eigenvalue weighted by molar-refractivity contribution is -0.154. The maximum atomic E-state index is 12.6. The minimum Gasteiger partial charge on any atom is -0.457 e. The molecular weight excluding hydrogens is 655 g/mol. The minimum atomic E-state index is -4.51. The highest BCUT2D eigenvalue weighted by molar-refractivity contribution is 7.47. The molecule has 0 fully saturated rings. The van der Waals surface area contributed by atoms with Crippen LogP contribution in [-0.4, -0.2) is 66.3 Å². The van der Waals surface area contributed by atoms with Gasteiger partial charge in [-0.25, -0.2) is 4.57 Å². The molecule has 296 valence electrons. The second-order valence-electron chi connectivity index (χ2n) is 13.6. The van der Waals surface area contributed by atoms with Gasteiger partial charge >= 0.3 is 13.8 Å². The lowest BCUT2D eigenvalue weighted by atomic mass is 10.1. The van der Waals surface area contributed by atoms with Crippen LogP contribution in [0.4, 0.5) is 0 Å². The van der Waals surface area contributed by atoms with E-state index in [-0.39, 0.29) is 19.6 Å². The number of aliphatic hydroxyl groups is 2. The van der Waals surface area contributed by atoms with Crippen LogP contribution in [0.1, 0.15) is 181 Å². The van der Waals surface area contributed by atoms with Crippen LogP contribution >= 0.6 is 7.82 Å². The third kappa shape index (κ3) is 36.7. The topological polar surface area (TPSA) is 132 Å². The molecule has 0 spiro atoms. The van der Waals surface area contributed by atoms with Gasteiger partial charge in [0.1, 0.15) is 12.2 Å². The van der Waals surface area contributed by atoms with Crippen LogP contribution in [0.3, 0.4) is 0 Å². The van der Waals surface area contributed by atoms with Crippen LogP contribution in [0, 0.1) is 0 Å². The lowest BCUT2D eigenvalue weighted by Gasteiger charge is -2.20. The summed E-state index contributed by atoms with van der Waals surface area (Å²) in [5.74, 6) is -0.393. The summed E-state index contributed by atoms with van der Waals surface area (Å²) in [6.07, 6.45) is 37.0. The number of unbranched alkanes of at least 4 members (excludes halogenated alkanes) is 21. The molecule has 0 rings (SSSR count). The molecule has 10 heteroatoms. The van der Waals surface area contributed by atoms with Crippen molar-refractivity contribution in [1.82, 2.24) is 0 Å². The van der Waals surface area contributed by atoms with Gasteiger partial charge in [-0.05, 0) is 64.2 Å². The first-order valence-corrected chi connectivity index (χ1v) is 21.8. The average molecular weight is 733 g/mol. The van der Waals surface area contributed by atoms with E-state index in [0.717, 1.165) is 64.2 Å². The van der Waals surface area contributed by atoms with Gasteiger partial charge in [-0.2, -0.15) is 0 Å². The van der Waals surface area contributed by atoms with Gasteiger partial charge in [0, 0.05) is 13.0 Å². The Morgan fingerprint density at radius 1 is 0.600 bits per heavy atom. The van der Waals surface area contributed by atoms with Gasteiger partial charge in [-0.1, -0.05) is 134 Å². The van der Waals surface area contributed by atoms with E-state index >= 15 is 0 Å². The summed E-state index contributed by atoms with van der Waals surface area (Å²) in [4.78, 5) is 22.5. The minimum absolute atomic E-state index is 0.0437. The van der Waals surface area contributed by atoms with Gasteiger partial charge < -0.3 is 24.6 Å². The Bertz CT molecular complexity index is 836. The Morgan fingerprint density at radius 3 is 1.54 bits per heavy atom. The Hall–Kier alpha value is -1.06. The average Bonchev–Trinajstić information content (AvgIpc) is 3.10. The van der Waals surface area contributed by atoms with Crippen molar-refractivity contribution >= 4 is 13.8 Å². The molecule has 9 nitrogen and oxygen atoms in total. The third-order valence-electron chi connectivity index (χ3n) is 8.61. The van der Waals surface area contributed by atoms with Crippen molar-refractivity contribution in [2.24, 2.45) is 0 Å². The smallest absolute Gasteiger partial charge is 0.457 e. The fraction of sp³-hybridized carbons (Fsp3) is 0.875. The van der Waals surface area contributed by atoms with Gasteiger partial charge in [0.15, 0.2) is 0 Å². The largest absolute Gasteiger partial charge is 0.472 e. The van der Waals surface area contributed by atoms with E-state index in [9.17, 15) is 19.4 Å². The van der Waals surface area contributed by atoms with Gasteiger partial charge in [0.2, 0.25) is 0 Å². The summed E-state index contributed by atoms with van der Waals surface area (Å²) in [6.45, 7) is 3.47. The fourth-order valence-corrected chi connectivity index (χ4v) is 6.25. The third-order valence-corrected chi connectivity index (χ3v) is 9.56. The molecule has 3 atom stereocenters. The van der Waals surface area contributed by atoms with Gasteiger partial charge in [0.25, 0.3) is 0 Å². The quantitative estimate of drug-likeness (QED) is 0.0244. The highest BCUT2D eigenvalue weighted by atomic mass is 31.2. The predicted molar refractivity (Wildman–Crippen MR) is 205 cm³/mol. The van der Waals surface area contributed by atoms with Crippen molar-refractivity contribution in [2.45, 2.75) is 193 Å². The number of rotatable bonds is 39. The second kappa shape index (κ2) is 37.7. The molecule has 3 unspecified atom stereocenters. The Labute approximate surface area is 306 Å². The summed E-state index contributed by atoms with van der Waals surface area (Å²) in [7, 11) is -4.51. The molecule has 0 aliphatic carbocycles. The summed E-state index contributed by atoms with van der Waals surface area (Å²) >= 11 is 0. The van der Waals surface area contributed by atoms with Crippen molar-refractivity contribution < 1.29 is 43.0 Å². The number of carbonyl (C=O) groups excluding carboxylic acids is 1. The number of ether oxygens (including phenoxy) is 2. The second-order valence-corrected chi connectivity index (χ2v) is 15.1. The van der Waals surface area contributed by atoms with E-state index in [2.05, 4.69) is 38.2 Å². The summed E-state index contributed by atoms with van der Waals surface area (Å²) in [5.41, 5.74) is 0. The van der Waals surface area contributed by atoms with E-state index in [1.54, 1.807) is 0 Å². The number of carbonyl (C=O) groups is 1. The molecule has 0 aromatic heterocycles. The number of esters is 1. The van der Waals surface area contributed by atoms with Crippen LogP contribution in [0.2, 0.25) is 0 Å². The van der Waals surface area contributed by atoms with E-state index < -0.39 is 39.2 Å². The summed E-state index contributed by atoms with van der Waals surface area (Å²) in [5, 5.41) is 18.3. The number of aliphatic hydroxyl groups excluding tert-OH is 2. The first-order chi connectivity index (χ1) is 24.3. The maximum absolute atomic E-state index is 12.6. The number of phosphoric ester groups is 1. The predicted octanol–water partition coefficient (Wildman–Crippen LogP) is 10.7. The molecule has 0 heterocycles. The number of allylic oxidation sites excluding steroid dienone is 4. The van der Waals surface area contributed by atoms with Crippen molar-refractivity contribution in [3.05, 3.63) is 24.3 Å². The fourth-order valence-electron chi connectivity index (χ4n) is 5.46. The molecule has 0 aromatic carbocycles. The first kappa shape index (κ1) is 48.9. The van der Waals surface area contributed by atoms with Gasteiger partial charge in [0.05, 0.1) is 26.4 Å². The molecule has 0 aliphatic heterocycles. The van der Waals surface area contributed by atoms with E-state index in [4.69, 9.17) is 23.6 Å². The van der Waals surface area contributed by atoms with Crippen molar-refractivity contribution in [1.29, 1.82) is 0 Å². The van der Waals surface area contributed by atoms with Crippen LogP contribution in [0.15, 0.2) is 24.3 Å². The molecule has 0 saturated heterocycles. The summed E-state index contributed by atoms with van der Waals surface area (Å²) in [6, 6.07) is 0. The zero-order chi connectivity index (χ0) is 36.8. The molecule has 0 aliphatic rings. The van der Waals surface area contributed by atoms with Crippen LogP contribution in [-0.2, 0) is 27.9 Å². The number of phosphoric acid groups is 1. The SMILES string of the molecule is CCCCC/C=C\CCCCCCCCOCC(COP(=O)(O)OCC(O)CO)OC(=O)CCCCCCC/C=C\CCCCCCCCC. The van der Waals surface area contributed by atoms with E-state index in [0.29, 0.717) is 6.61 Å². The molecule has 0 aromatic rings. The Morgan fingerprint density at radius 2 is 1.02 bits per heavy atom. The lowest BCUT2D eigenvalue weighted by Crippen LogP contribution is -2.29. The van der Waals surface area contributed by atoms with Crippen molar-refractivity contribution in [2.75, 3.05) is 33.0 Å². The summed E-state index contributed by atoms with van der Waals surface area (Å²) < 4.78 is 33.3. The highest BCUT2D eigenvalue weighted by Gasteiger charge is 2.26. The normalized spacial score (nSPS) is 14.4. The van der Waals surface area contributed by atoms with Crippen molar-refractivity contribution in [3.63, 3.8) is 0 Å². The van der Waals surface area contributed by atoms with Crippen molar-refractivity contribution in [3.8, 4) is 0 Å². The van der Waals surface area contributed by atoms with E-state index in [1.165, 1.54) is 96.3 Å².